The Morgan fingerprint density at radius 2 is 1.69 bits per heavy atom. The van der Waals surface area contributed by atoms with Crippen LogP contribution in [0.25, 0.3) is 0 Å². The van der Waals surface area contributed by atoms with Crippen molar-refractivity contribution in [3.63, 3.8) is 0 Å². The smallest absolute Gasteiger partial charge is 0.226 e. The normalized spacial score (nSPS) is 13.2. The Bertz CT molecular complexity index is 202. The predicted octanol–water partition coefficient (Wildman–Crippen LogP) is 3.53. The van der Waals surface area contributed by atoms with E-state index in [-0.39, 0.29) is 11.8 Å². The summed E-state index contributed by atoms with van der Waals surface area (Å²) in [6.45, 7) is 11.3. The van der Waals surface area contributed by atoms with E-state index >= 15 is 0 Å². The van der Waals surface area contributed by atoms with Gasteiger partial charge in [0.05, 0.1) is 0 Å². The molecule has 0 fully saturated rings. The molecule has 1 unspecified atom stereocenters. The van der Waals surface area contributed by atoms with Gasteiger partial charge in [-0.15, -0.1) is 11.6 Å². The van der Waals surface area contributed by atoms with Crippen LogP contribution in [0, 0.1) is 11.8 Å². The van der Waals surface area contributed by atoms with E-state index in [0.717, 1.165) is 19.4 Å². The lowest BCUT2D eigenvalue weighted by Gasteiger charge is -2.33. The lowest BCUT2D eigenvalue weighted by atomic mass is 10.0. The minimum atomic E-state index is -0.0685. The number of halogens is 1. The molecule has 1 amide bonds. The summed E-state index contributed by atoms with van der Waals surface area (Å²) in [5.41, 5.74) is 0. The third-order valence-electron chi connectivity index (χ3n) is 2.88. The molecule has 0 rings (SSSR count). The standard InChI is InChI=1S/C13H26ClNO/c1-6-12(7-2)15(9-10(3)4)13(16)11(5)8-14/h10-12H,6-9H2,1-5H3. The highest BCUT2D eigenvalue weighted by Gasteiger charge is 2.25. The van der Waals surface area contributed by atoms with Crippen molar-refractivity contribution in [2.75, 3.05) is 12.4 Å². The van der Waals surface area contributed by atoms with E-state index in [1.165, 1.54) is 0 Å². The molecule has 0 saturated heterocycles. The minimum absolute atomic E-state index is 0.0685. The second kappa shape index (κ2) is 7.94. The molecule has 0 aromatic heterocycles. The van der Waals surface area contributed by atoms with Crippen LogP contribution >= 0.6 is 11.6 Å². The average Bonchev–Trinajstić information content (AvgIpc) is 2.26. The van der Waals surface area contributed by atoms with Gasteiger partial charge in [-0.1, -0.05) is 34.6 Å². The first-order valence-corrected chi connectivity index (χ1v) is 6.87. The van der Waals surface area contributed by atoms with Crippen LogP contribution in [-0.2, 0) is 4.79 Å². The predicted molar refractivity (Wildman–Crippen MR) is 70.8 cm³/mol. The SMILES string of the molecule is CCC(CC)N(CC(C)C)C(=O)C(C)CCl. The van der Waals surface area contributed by atoms with E-state index in [1.54, 1.807) is 0 Å². The van der Waals surface area contributed by atoms with Crippen LogP contribution in [0.1, 0.15) is 47.5 Å². The highest BCUT2D eigenvalue weighted by Crippen LogP contribution is 2.15. The van der Waals surface area contributed by atoms with Gasteiger partial charge in [-0.3, -0.25) is 4.79 Å². The molecule has 3 heteroatoms. The molecule has 0 aliphatic heterocycles. The molecule has 16 heavy (non-hydrogen) atoms. The van der Waals surface area contributed by atoms with Gasteiger partial charge >= 0.3 is 0 Å². The summed E-state index contributed by atoms with van der Waals surface area (Å²) in [6.07, 6.45) is 2.04. The number of nitrogens with zero attached hydrogens (tertiary/aromatic N) is 1. The van der Waals surface area contributed by atoms with Crippen LogP contribution in [0.5, 0.6) is 0 Å². The number of rotatable bonds is 7. The highest BCUT2D eigenvalue weighted by atomic mass is 35.5. The molecule has 0 radical (unpaired) electrons. The van der Waals surface area contributed by atoms with Gasteiger partial charge < -0.3 is 4.90 Å². The van der Waals surface area contributed by atoms with Crippen LogP contribution in [0.2, 0.25) is 0 Å². The third kappa shape index (κ3) is 4.73. The van der Waals surface area contributed by atoms with Gasteiger partial charge in [-0.25, -0.2) is 0 Å². The Kier molecular flexibility index (Phi) is 7.82. The summed E-state index contributed by atoms with van der Waals surface area (Å²) in [7, 11) is 0. The number of amides is 1. The second-order valence-corrected chi connectivity index (χ2v) is 5.22. The molecule has 0 N–H and O–H groups in total. The molecular formula is C13H26ClNO. The first-order chi connectivity index (χ1) is 7.47. The van der Waals surface area contributed by atoms with Crippen molar-refractivity contribution in [1.82, 2.24) is 4.90 Å². The Balaban J connectivity index is 4.70. The Morgan fingerprint density at radius 3 is 2.00 bits per heavy atom. The lowest BCUT2D eigenvalue weighted by Crippen LogP contribution is -2.44. The van der Waals surface area contributed by atoms with Crippen molar-refractivity contribution in [3.8, 4) is 0 Å². The molecule has 0 aromatic carbocycles. The maximum absolute atomic E-state index is 12.2. The fourth-order valence-corrected chi connectivity index (χ4v) is 2.02. The summed E-state index contributed by atoms with van der Waals surface area (Å²) in [4.78, 5) is 14.2. The molecule has 0 aliphatic carbocycles. The van der Waals surface area contributed by atoms with Crippen LogP contribution in [0.3, 0.4) is 0 Å². The number of alkyl halides is 1. The van der Waals surface area contributed by atoms with Crippen LogP contribution < -0.4 is 0 Å². The van der Waals surface area contributed by atoms with Gasteiger partial charge in [0.25, 0.3) is 0 Å². The van der Waals surface area contributed by atoms with Gasteiger partial charge in [0.15, 0.2) is 0 Å². The zero-order chi connectivity index (χ0) is 12.7. The molecule has 0 bridgehead atoms. The lowest BCUT2D eigenvalue weighted by molar-refractivity contribution is -0.137. The largest absolute Gasteiger partial charge is 0.339 e. The number of hydrogen-bond acceptors (Lipinski definition) is 1. The topological polar surface area (TPSA) is 20.3 Å². The van der Waals surface area contributed by atoms with Crippen LogP contribution in [0.4, 0.5) is 0 Å². The molecule has 0 spiro atoms. The molecule has 2 nitrogen and oxygen atoms in total. The number of hydrogen-bond donors (Lipinski definition) is 0. The fraction of sp³-hybridized carbons (Fsp3) is 0.923. The number of carbonyl (C=O) groups is 1. The van der Waals surface area contributed by atoms with Crippen molar-refractivity contribution < 1.29 is 4.79 Å². The van der Waals surface area contributed by atoms with Gasteiger partial charge in [0, 0.05) is 24.4 Å². The zero-order valence-corrected chi connectivity index (χ0v) is 12.0. The Labute approximate surface area is 105 Å². The van der Waals surface area contributed by atoms with Gasteiger partial charge in [0.2, 0.25) is 5.91 Å². The highest BCUT2D eigenvalue weighted by molar-refractivity contribution is 6.19. The van der Waals surface area contributed by atoms with E-state index in [9.17, 15) is 4.79 Å². The van der Waals surface area contributed by atoms with E-state index in [2.05, 4.69) is 27.7 Å². The van der Waals surface area contributed by atoms with E-state index < -0.39 is 0 Å². The first-order valence-electron chi connectivity index (χ1n) is 6.34. The Morgan fingerprint density at radius 1 is 1.19 bits per heavy atom. The van der Waals surface area contributed by atoms with E-state index in [1.807, 2.05) is 11.8 Å². The summed E-state index contributed by atoms with van der Waals surface area (Å²) in [5, 5.41) is 0. The van der Waals surface area contributed by atoms with Gasteiger partial charge in [-0.2, -0.15) is 0 Å². The summed E-state index contributed by atoms with van der Waals surface area (Å²) in [6, 6.07) is 0.362. The third-order valence-corrected chi connectivity index (χ3v) is 3.34. The average molecular weight is 248 g/mol. The first kappa shape index (κ1) is 15.8. The summed E-state index contributed by atoms with van der Waals surface area (Å²) < 4.78 is 0. The summed E-state index contributed by atoms with van der Waals surface area (Å²) in [5.74, 6) is 1.05. The molecule has 1 atom stereocenters. The molecule has 0 saturated carbocycles. The van der Waals surface area contributed by atoms with Crippen molar-refractivity contribution in [2.24, 2.45) is 11.8 Å². The number of carbonyl (C=O) groups excluding carboxylic acids is 1. The molecule has 96 valence electrons. The fourth-order valence-electron chi connectivity index (χ4n) is 1.89. The maximum Gasteiger partial charge on any atom is 0.226 e. The van der Waals surface area contributed by atoms with Gasteiger partial charge in [-0.05, 0) is 18.8 Å². The molecular weight excluding hydrogens is 222 g/mol. The van der Waals surface area contributed by atoms with Gasteiger partial charge in [0.1, 0.15) is 0 Å². The van der Waals surface area contributed by atoms with Crippen molar-refractivity contribution in [1.29, 1.82) is 0 Å². The van der Waals surface area contributed by atoms with Crippen LogP contribution in [0.15, 0.2) is 0 Å². The van der Waals surface area contributed by atoms with E-state index in [0.29, 0.717) is 17.8 Å². The molecule has 0 heterocycles. The van der Waals surface area contributed by atoms with Crippen molar-refractivity contribution >= 4 is 17.5 Å². The minimum Gasteiger partial charge on any atom is -0.339 e. The van der Waals surface area contributed by atoms with Crippen molar-refractivity contribution in [3.05, 3.63) is 0 Å². The molecule has 0 aromatic rings. The maximum atomic E-state index is 12.2. The zero-order valence-electron chi connectivity index (χ0n) is 11.3. The van der Waals surface area contributed by atoms with Crippen molar-refractivity contribution in [2.45, 2.75) is 53.5 Å². The Hall–Kier alpha value is -0.240. The van der Waals surface area contributed by atoms with Crippen LogP contribution in [-0.4, -0.2) is 29.3 Å². The second-order valence-electron chi connectivity index (χ2n) is 4.91. The monoisotopic (exact) mass is 247 g/mol. The summed E-state index contributed by atoms with van der Waals surface area (Å²) >= 11 is 5.77. The quantitative estimate of drug-likeness (QED) is 0.631. The molecule has 0 aliphatic rings. The van der Waals surface area contributed by atoms with E-state index in [4.69, 9.17) is 11.6 Å².